The number of carbonyl (C=O) groups excluding carboxylic acids is 1. The molecule has 1 atom stereocenters. The molecule has 0 N–H and O–H groups in total. The highest BCUT2D eigenvalue weighted by Crippen LogP contribution is 2.42. The van der Waals surface area contributed by atoms with Crippen LogP contribution in [0.15, 0.2) is 59.1 Å². The zero-order valence-corrected chi connectivity index (χ0v) is 16.8. The summed E-state index contributed by atoms with van der Waals surface area (Å²) in [6, 6.07) is 16.2. The summed E-state index contributed by atoms with van der Waals surface area (Å²) < 4.78 is 18.5. The van der Waals surface area contributed by atoms with Crippen LogP contribution in [0, 0.1) is 17.1 Å². The Hall–Kier alpha value is -2.82. The fourth-order valence-electron chi connectivity index (χ4n) is 3.68. The zero-order chi connectivity index (χ0) is 20.4. The van der Waals surface area contributed by atoms with Gasteiger partial charge in [-0.25, -0.2) is 4.39 Å². The van der Waals surface area contributed by atoms with Crippen molar-refractivity contribution in [1.29, 1.82) is 5.26 Å². The number of nitriles is 1. The van der Waals surface area contributed by atoms with E-state index in [-0.39, 0.29) is 24.1 Å². The third kappa shape index (κ3) is 4.00. The van der Waals surface area contributed by atoms with Crippen LogP contribution in [0.25, 0.3) is 0 Å². The van der Waals surface area contributed by atoms with Gasteiger partial charge in [-0.1, -0.05) is 36.0 Å². The maximum absolute atomic E-state index is 13.3. The third-order valence-corrected chi connectivity index (χ3v) is 6.40. The Morgan fingerprint density at radius 1 is 1.21 bits per heavy atom. The van der Waals surface area contributed by atoms with Crippen molar-refractivity contribution >= 4 is 17.7 Å². The molecule has 2 aliphatic rings. The second-order valence-electron chi connectivity index (χ2n) is 7.05. The summed E-state index contributed by atoms with van der Waals surface area (Å²) in [5.41, 5.74) is 2.52. The molecule has 29 heavy (non-hydrogen) atoms. The van der Waals surface area contributed by atoms with Gasteiger partial charge in [-0.15, -0.1) is 0 Å². The minimum absolute atomic E-state index is 0.0137. The van der Waals surface area contributed by atoms with Crippen molar-refractivity contribution < 1.29 is 13.9 Å². The zero-order valence-electron chi connectivity index (χ0n) is 16.0. The Morgan fingerprint density at radius 2 is 1.93 bits per heavy atom. The predicted molar refractivity (Wildman–Crippen MR) is 109 cm³/mol. The Labute approximate surface area is 173 Å². The average molecular weight is 409 g/mol. The smallest absolute Gasteiger partial charge is 0.229 e. The van der Waals surface area contributed by atoms with Gasteiger partial charge < -0.3 is 4.74 Å². The number of ether oxygens (including phenoxy) is 1. The van der Waals surface area contributed by atoms with Crippen molar-refractivity contribution in [3.8, 4) is 11.8 Å². The van der Waals surface area contributed by atoms with Crippen molar-refractivity contribution in [2.75, 3.05) is 19.7 Å². The number of allylic oxidation sites excluding steroid dienone is 1. The van der Waals surface area contributed by atoms with E-state index in [2.05, 4.69) is 11.0 Å². The van der Waals surface area contributed by atoms with Crippen molar-refractivity contribution in [2.24, 2.45) is 0 Å². The van der Waals surface area contributed by atoms with Crippen LogP contribution < -0.4 is 4.74 Å². The maximum Gasteiger partial charge on any atom is 0.229 e. The molecule has 0 radical (unpaired) electrons. The maximum atomic E-state index is 13.3. The summed E-state index contributed by atoms with van der Waals surface area (Å²) in [4.78, 5) is 16.7. The van der Waals surface area contributed by atoms with E-state index in [9.17, 15) is 14.4 Å². The number of methoxy groups -OCH3 is 1. The van der Waals surface area contributed by atoms with Crippen molar-refractivity contribution in [1.82, 2.24) is 9.80 Å². The lowest BCUT2D eigenvalue weighted by atomic mass is 9.86. The number of carbonyl (C=O) groups is 1. The van der Waals surface area contributed by atoms with E-state index in [0.29, 0.717) is 24.7 Å². The quantitative estimate of drug-likeness (QED) is 0.763. The molecule has 0 bridgehead atoms. The first-order valence-electron chi connectivity index (χ1n) is 9.27. The molecule has 0 aliphatic carbocycles. The number of thioether (sulfide) groups is 1. The summed E-state index contributed by atoms with van der Waals surface area (Å²) >= 11 is 1.51. The van der Waals surface area contributed by atoms with Gasteiger partial charge in [0.1, 0.15) is 11.6 Å². The lowest BCUT2D eigenvalue weighted by Crippen LogP contribution is -2.46. The van der Waals surface area contributed by atoms with Crippen LogP contribution in [-0.2, 0) is 11.3 Å². The van der Waals surface area contributed by atoms with Gasteiger partial charge in [0.2, 0.25) is 5.91 Å². The minimum Gasteiger partial charge on any atom is -0.497 e. The highest BCUT2D eigenvalue weighted by Gasteiger charge is 2.38. The summed E-state index contributed by atoms with van der Waals surface area (Å²) in [5, 5.41) is 10.5. The topological polar surface area (TPSA) is 56.6 Å². The normalized spacial score (nSPS) is 19.7. The summed E-state index contributed by atoms with van der Waals surface area (Å²) in [6.07, 6.45) is 0.217. The molecule has 2 aromatic rings. The fraction of sp³-hybridized carbons (Fsp3) is 0.273. The van der Waals surface area contributed by atoms with E-state index >= 15 is 0 Å². The van der Waals surface area contributed by atoms with Gasteiger partial charge in [-0.3, -0.25) is 14.6 Å². The lowest BCUT2D eigenvalue weighted by molar-refractivity contribution is -0.131. The lowest BCUT2D eigenvalue weighted by Gasteiger charge is -2.41. The largest absolute Gasteiger partial charge is 0.497 e. The Morgan fingerprint density at radius 3 is 2.59 bits per heavy atom. The van der Waals surface area contributed by atoms with Gasteiger partial charge >= 0.3 is 0 Å². The van der Waals surface area contributed by atoms with Gasteiger partial charge in [0.25, 0.3) is 0 Å². The van der Waals surface area contributed by atoms with E-state index in [4.69, 9.17) is 4.74 Å². The fourth-order valence-corrected chi connectivity index (χ4v) is 4.81. The Bertz CT molecular complexity index is 983. The van der Waals surface area contributed by atoms with Crippen LogP contribution in [0.1, 0.15) is 23.5 Å². The predicted octanol–water partition coefficient (Wildman–Crippen LogP) is 4.05. The SMILES string of the molecule is COc1ccc(CN2CSC3=C(C#N)C(c4ccc(F)cc4)CC(=O)N3C2)cc1. The molecule has 0 aromatic heterocycles. The number of amides is 1. The van der Waals surface area contributed by atoms with Crippen LogP contribution in [0.5, 0.6) is 5.75 Å². The van der Waals surface area contributed by atoms with Crippen LogP contribution in [-0.4, -0.2) is 35.4 Å². The third-order valence-electron chi connectivity index (χ3n) is 5.19. The molecule has 5 nitrogen and oxygen atoms in total. The monoisotopic (exact) mass is 409 g/mol. The average Bonchev–Trinajstić information content (AvgIpc) is 2.75. The van der Waals surface area contributed by atoms with Gasteiger partial charge in [0, 0.05) is 18.9 Å². The minimum atomic E-state index is -0.329. The second kappa shape index (κ2) is 8.27. The first kappa shape index (κ1) is 19.5. The van der Waals surface area contributed by atoms with Crippen LogP contribution in [0.3, 0.4) is 0 Å². The van der Waals surface area contributed by atoms with E-state index in [1.165, 1.54) is 23.9 Å². The van der Waals surface area contributed by atoms with Crippen molar-refractivity contribution in [3.05, 3.63) is 76.1 Å². The highest BCUT2D eigenvalue weighted by molar-refractivity contribution is 8.03. The molecule has 2 heterocycles. The summed E-state index contributed by atoms with van der Waals surface area (Å²) in [6.45, 7) is 1.16. The first-order chi connectivity index (χ1) is 14.1. The molecule has 4 rings (SSSR count). The molecular weight excluding hydrogens is 389 g/mol. The van der Waals surface area contributed by atoms with Gasteiger partial charge in [0.05, 0.1) is 36.3 Å². The molecule has 148 valence electrons. The van der Waals surface area contributed by atoms with E-state index < -0.39 is 0 Å². The summed E-state index contributed by atoms with van der Waals surface area (Å²) in [7, 11) is 1.64. The molecule has 2 aromatic carbocycles. The number of halogens is 1. The molecular formula is C22H20FN3O2S. The van der Waals surface area contributed by atoms with Crippen LogP contribution in [0.4, 0.5) is 4.39 Å². The Balaban J connectivity index is 1.54. The first-order valence-corrected chi connectivity index (χ1v) is 10.3. The number of benzene rings is 2. The van der Waals surface area contributed by atoms with E-state index in [1.807, 2.05) is 24.3 Å². The molecule has 1 unspecified atom stereocenters. The van der Waals surface area contributed by atoms with Gasteiger partial charge in [0.15, 0.2) is 0 Å². The molecule has 1 saturated heterocycles. The number of rotatable bonds is 4. The standard InChI is InChI=1S/C22H20FN3O2S/c1-28-18-8-2-15(3-9-18)12-25-13-26-21(27)10-19(16-4-6-17(23)7-5-16)20(11-24)22(26)29-14-25/h2-9,19H,10,12-14H2,1H3. The van der Waals surface area contributed by atoms with Crippen LogP contribution in [0.2, 0.25) is 0 Å². The number of nitrogens with zero attached hydrogens (tertiary/aromatic N) is 3. The molecule has 1 amide bonds. The molecule has 0 saturated carbocycles. The molecule has 7 heteroatoms. The van der Waals surface area contributed by atoms with Gasteiger partial charge in [-0.2, -0.15) is 5.26 Å². The van der Waals surface area contributed by atoms with Crippen molar-refractivity contribution in [2.45, 2.75) is 18.9 Å². The highest BCUT2D eigenvalue weighted by atomic mass is 32.2. The molecule has 0 spiro atoms. The van der Waals surface area contributed by atoms with E-state index in [0.717, 1.165) is 21.9 Å². The number of hydrogen-bond acceptors (Lipinski definition) is 5. The van der Waals surface area contributed by atoms with Gasteiger partial charge in [-0.05, 0) is 35.4 Å². The van der Waals surface area contributed by atoms with Crippen LogP contribution >= 0.6 is 11.8 Å². The number of fused-ring (bicyclic) bond motifs is 1. The Kier molecular flexibility index (Phi) is 5.56. The molecule has 1 fully saturated rings. The van der Waals surface area contributed by atoms with Crippen molar-refractivity contribution in [3.63, 3.8) is 0 Å². The second-order valence-corrected chi connectivity index (χ2v) is 7.99. The summed E-state index contributed by atoms with van der Waals surface area (Å²) in [5.74, 6) is 0.834. The van der Waals surface area contributed by atoms with E-state index in [1.54, 1.807) is 24.1 Å². The number of hydrogen-bond donors (Lipinski definition) is 0. The molecule has 2 aliphatic heterocycles.